The first-order valence-corrected chi connectivity index (χ1v) is 6.47. The zero-order valence-electron chi connectivity index (χ0n) is 11.8. The van der Waals surface area contributed by atoms with Crippen molar-refractivity contribution >= 4 is 11.5 Å². The lowest BCUT2D eigenvalue weighted by Crippen LogP contribution is -2.40. The Bertz CT molecular complexity index is 575. The van der Waals surface area contributed by atoms with E-state index in [0.717, 1.165) is 0 Å². The van der Waals surface area contributed by atoms with Crippen molar-refractivity contribution < 1.29 is 19.2 Å². The average molecular weight is 295 g/mol. The first-order valence-electron chi connectivity index (χ1n) is 6.47. The number of nitro groups is 1. The molecule has 8 nitrogen and oxygen atoms in total. The third-order valence-electron chi connectivity index (χ3n) is 3.35. The van der Waals surface area contributed by atoms with E-state index in [9.17, 15) is 14.9 Å². The van der Waals surface area contributed by atoms with Gasteiger partial charge in [-0.1, -0.05) is 0 Å². The van der Waals surface area contributed by atoms with Gasteiger partial charge in [-0.15, -0.1) is 0 Å². The molecule has 0 spiro atoms. The quantitative estimate of drug-likeness (QED) is 0.591. The number of fused-ring (bicyclic) bond motifs is 1. The Morgan fingerprint density at radius 3 is 2.67 bits per heavy atom. The molecule has 0 radical (unpaired) electrons. The summed E-state index contributed by atoms with van der Waals surface area (Å²) in [7, 11) is 0. The molecule has 114 valence electrons. The molecule has 2 atom stereocenters. The van der Waals surface area contributed by atoms with Crippen molar-refractivity contribution in [3.63, 3.8) is 0 Å². The fourth-order valence-electron chi connectivity index (χ4n) is 2.01. The number of ketones is 1. The number of benzene rings is 1. The third-order valence-corrected chi connectivity index (χ3v) is 3.35. The smallest absolute Gasteiger partial charge is 0.278 e. The van der Waals surface area contributed by atoms with Crippen molar-refractivity contribution in [2.24, 2.45) is 5.73 Å². The van der Waals surface area contributed by atoms with Gasteiger partial charge in [0.15, 0.2) is 11.5 Å². The van der Waals surface area contributed by atoms with Crippen LogP contribution in [-0.4, -0.2) is 30.1 Å². The number of hydrogen-bond donors (Lipinski definition) is 2. The van der Waals surface area contributed by atoms with Crippen LogP contribution in [-0.2, 0) is 4.79 Å². The number of nitrogens with two attached hydrogens (primary N) is 1. The number of carbonyl (C=O) groups excluding carboxylic acids is 1. The average Bonchev–Trinajstić information content (AvgIpc) is 2.89. The molecule has 2 rings (SSSR count). The highest BCUT2D eigenvalue weighted by Gasteiger charge is 2.26. The van der Waals surface area contributed by atoms with Gasteiger partial charge >= 0.3 is 0 Å². The second-order valence-corrected chi connectivity index (χ2v) is 4.87. The lowest BCUT2D eigenvalue weighted by molar-refractivity contribution is -0.385. The molecule has 0 bridgehead atoms. The fraction of sp³-hybridized carbons (Fsp3) is 0.462. The van der Waals surface area contributed by atoms with Crippen molar-refractivity contribution in [1.29, 1.82) is 0 Å². The van der Waals surface area contributed by atoms with E-state index >= 15 is 0 Å². The summed E-state index contributed by atoms with van der Waals surface area (Å²) in [5.41, 5.74) is 6.04. The van der Waals surface area contributed by atoms with Gasteiger partial charge in [-0.2, -0.15) is 0 Å². The van der Waals surface area contributed by atoms with Crippen LogP contribution in [0.1, 0.15) is 25.5 Å². The number of hydrogen-bond acceptors (Lipinski definition) is 7. The van der Waals surface area contributed by atoms with Gasteiger partial charge in [0.25, 0.3) is 5.69 Å². The molecule has 0 aromatic heterocycles. The molecule has 0 amide bonds. The molecule has 1 aliphatic rings. The van der Waals surface area contributed by atoms with Crippen LogP contribution in [0.5, 0.6) is 11.5 Å². The molecule has 1 heterocycles. The van der Waals surface area contributed by atoms with Crippen molar-refractivity contribution in [2.45, 2.75) is 25.9 Å². The number of nitrogens with zero attached hydrogens (tertiary/aromatic N) is 1. The molecule has 0 saturated carbocycles. The summed E-state index contributed by atoms with van der Waals surface area (Å²) in [6.45, 7) is 3.45. The van der Waals surface area contributed by atoms with Crippen molar-refractivity contribution in [2.75, 3.05) is 13.3 Å². The normalized spacial score (nSPS) is 15.6. The molecular weight excluding hydrogens is 278 g/mol. The number of rotatable bonds is 6. The van der Waals surface area contributed by atoms with Gasteiger partial charge in [-0.25, -0.2) is 0 Å². The molecule has 1 aliphatic heterocycles. The Kier molecular flexibility index (Phi) is 4.39. The summed E-state index contributed by atoms with van der Waals surface area (Å²) in [4.78, 5) is 21.8. The standard InChI is InChI=1S/C13H17N3O5/c1-7(15-5-10(14)8(2)17)9-3-12-13(21-6-20-12)4-11(9)16(18)19/h3-4,7,10,15H,5-6,14H2,1-2H3/t7?,10-/m0/s1. The lowest BCUT2D eigenvalue weighted by atomic mass is 10.0. The predicted octanol–water partition coefficient (Wildman–Crippen LogP) is 0.890. The summed E-state index contributed by atoms with van der Waals surface area (Å²) in [6.07, 6.45) is 0. The molecule has 21 heavy (non-hydrogen) atoms. The Hall–Kier alpha value is -2.19. The Morgan fingerprint density at radius 1 is 1.48 bits per heavy atom. The number of ether oxygens (including phenoxy) is 2. The van der Waals surface area contributed by atoms with E-state index in [1.54, 1.807) is 13.0 Å². The highest BCUT2D eigenvalue weighted by molar-refractivity contribution is 5.81. The third kappa shape index (κ3) is 3.29. The van der Waals surface area contributed by atoms with Crippen LogP contribution >= 0.6 is 0 Å². The van der Waals surface area contributed by atoms with Crippen LogP contribution in [0.2, 0.25) is 0 Å². The zero-order valence-corrected chi connectivity index (χ0v) is 11.8. The van der Waals surface area contributed by atoms with Gasteiger partial charge in [0, 0.05) is 12.6 Å². The predicted molar refractivity (Wildman–Crippen MR) is 74.3 cm³/mol. The molecule has 0 fully saturated rings. The summed E-state index contributed by atoms with van der Waals surface area (Å²) in [5, 5.41) is 14.2. The van der Waals surface area contributed by atoms with Crippen LogP contribution in [0, 0.1) is 10.1 Å². The minimum Gasteiger partial charge on any atom is -0.454 e. The first-order chi connectivity index (χ1) is 9.90. The van der Waals surface area contributed by atoms with E-state index in [1.165, 1.54) is 13.0 Å². The number of nitro benzene ring substituents is 1. The summed E-state index contributed by atoms with van der Waals surface area (Å²) >= 11 is 0. The molecule has 8 heteroatoms. The van der Waals surface area contributed by atoms with Gasteiger partial charge in [0.2, 0.25) is 6.79 Å². The second-order valence-electron chi connectivity index (χ2n) is 4.87. The molecule has 0 saturated heterocycles. The number of carbonyl (C=O) groups is 1. The minimum absolute atomic E-state index is 0.0486. The fourth-order valence-corrected chi connectivity index (χ4v) is 2.01. The van der Waals surface area contributed by atoms with Crippen LogP contribution in [0.4, 0.5) is 5.69 Å². The molecule has 1 aromatic carbocycles. The summed E-state index contributed by atoms with van der Waals surface area (Å²) in [6, 6.07) is 1.93. The van der Waals surface area contributed by atoms with Crippen molar-refractivity contribution in [3.8, 4) is 11.5 Å². The largest absolute Gasteiger partial charge is 0.454 e. The summed E-state index contributed by atoms with van der Waals surface area (Å²) in [5.74, 6) is 0.688. The zero-order chi connectivity index (χ0) is 15.6. The SMILES string of the molecule is CC(=O)[C@@H](N)CNC(C)c1cc2c(cc1[N+](=O)[O-])OCO2. The number of nitrogens with one attached hydrogen (secondary N) is 1. The second kappa shape index (κ2) is 6.06. The van der Waals surface area contributed by atoms with Crippen LogP contribution < -0.4 is 20.5 Å². The Balaban J connectivity index is 2.21. The lowest BCUT2D eigenvalue weighted by Gasteiger charge is -2.17. The summed E-state index contributed by atoms with van der Waals surface area (Å²) < 4.78 is 10.4. The van der Waals surface area contributed by atoms with Crippen LogP contribution in [0.15, 0.2) is 12.1 Å². The van der Waals surface area contributed by atoms with Gasteiger partial charge in [-0.3, -0.25) is 14.9 Å². The molecular formula is C13H17N3O5. The van der Waals surface area contributed by atoms with E-state index in [0.29, 0.717) is 17.1 Å². The van der Waals surface area contributed by atoms with Crippen LogP contribution in [0.3, 0.4) is 0 Å². The van der Waals surface area contributed by atoms with Gasteiger partial charge in [0.05, 0.1) is 22.6 Å². The van der Waals surface area contributed by atoms with Crippen molar-refractivity contribution in [1.82, 2.24) is 5.32 Å². The van der Waals surface area contributed by atoms with Gasteiger partial charge in [0.1, 0.15) is 5.78 Å². The molecule has 0 aliphatic carbocycles. The maximum Gasteiger partial charge on any atom is 0.278 e. The van der Waals surface area contributed by atoms with E-state index in [2.05, 4.69) is 5.32 Å². The monoisotopic (exact) mass is 295 g/mol. The number of Topliss-reactive ketones (excluding diaryl/α,β-unsaturated/α-hetero) is 1. The molecule has 1 unspecified atom stereocenters. The van der Waals surface area contributed by atoms with E-state index in [4.69, 9.17) is 15.2 Å². The maximum absolute atomic E-state index is 11.2. The molecule has 3 N–H and O–H groups in total. The van der Waals surface area contributed by atoms with E-state index < -0.39 is 11.0 Å². The minimum atomic E-state index is -0.638. The first kappa shape index (κ1) is 15.2. The van der Waals surface area contributed by atoms with Gasteiger partial charge < -0.3 is 20.5 Å². The van der Waals surface area contributed by atoms with Gasteiger partial charge in [-0.05, 0) is 19.9 Å². The van der Waals surface area contributed by atoms with E-state index in [1.807, 2.05) is 0 Å². The van der Waals surface area contributed by atoms with E-state index in [-0.39, 0.29) is 30.9 Å². The topological polar surface area (TPSA) is 117 Å². The maximum atomic E-state index is 11.2. The van der Waals surface area contributed by atoms with Crippen LogP contribution in [0.25, 0.3) is 0 Å². The highest BCUT2D eigenvalue weighted by Crippen LogP contribution is 2.39. The van der Waals surface area contributed by atoms with Crippen molar-refractivity contribution in [3.05, 3.63) is 27.8 Å². The highest BCUT2D eigenvalue weighted by atomic mass is 16.7. The molecule has 1 aromatic rings. The Morgan fingerprint density at radius 2 is 2.10 bits per heavy atom. The Labute approximate surface area is 121 Å².